The smallest absolute Gasteiger partial charge is 0.417 e. The van der Waals surface area contributed by atoms with Crippen molar-refractivity contribution in [2.45, 2.75) is 53.1 Å². The summed E-state index contributed by atoms with van der Waals surface area (Å²) in [7, 11) is -3.80. The Morgan fingerprint density at radius 1 is 1.15 bits per heavy atom. The third-order valence-corrected chi connectivity index (χ3v) is 7.30. The van der Waals surface area contributed by atoms with Crippen molar-refractivity contribution >= 4 is 33.4 Å². The van der Waals surface area contributed by atoms with Crippen LogP contribution in [0.5, 0.6) is 17.4 Å². The number of amides is 2. The van der Waals surface area contributed by atoms with E-state index in [9.17, 15) is 31.2 Å². The second-order valence-electron chi connectivity index (χ2n) is 9.26. The first-order valence-electron chi connectivity index (χ1n) is 12.6. The molecule has 0 spiro atoms. The highest BCUT2D eigenvalue weighted by atomic mass is 35.5. The number of nitrogens with one attached hydrogen (secondary N) is 1. The maximum Gasteiger partial charge on any atom is 0.417 e. The predicted molar refractivity (Wildman–Crippen MR) is 144 cm³/mol. The van der Waals surface area contributed by atoms with E-state index in [0.717, 1.165) is 0 Å². The van der Waals surface area contributed by atoms with Gasteiger partial charge in [-0.05, 0) is 50.3 Å². The lowest BCUT2D eigenvalue weighted by Crippen LogP contribution is -2.34. The van der Waals surface area contributed by atoms with Crippen LogP contribution in [0.1, 0.15) is 51.7 Å². The van der Waals surface area contributed by atoms with Crippen LogP contribution >= 0.6 is 11.6 Å². The summed E-state index contributed by atoms with van der Waals surface area (Å²) in [6.07, 6.45) is -3.92. The fourth-order valence-electron chi connectivity index (χ4n) is 3.41. The molecule has 9 nitrogen and oxygen atoms in total. The molecule has 14 heteroatoms. The maximum atomic E-state index is 13.0. The zero-order valence-corrected chi connectivity index (χ0v) is 24.3. The SMILES string of the molecule is CCN(CC)C(=O)COc1ccc(CCC(=O)NS(=O)(=O)CCC(C)C)c(Oc2ncc(C(F)(F)F)cc2Cl)c1. The summed E-state index contributed by atoms with van der Waals surface area (Å²) < 4.78 is 76.7. The summed E-state index contributed by atoms with van der Waals surface area (Å²) in [4.78, 5) is 29.9. The first-order chi connectivity index (χ1) is 18.6. The Balaban J connectivity index is 2.26. The predicted octanol–water partition coefficient (Wildman–Crippen LogP) is 5.22. The number of pyridine rings is 1. The monoisotopic (exact) mass is 607 g/mol. The van der Waals surface area contributed by atoms with Gasteiger partial charge in [-0.2, -0.15) is 13.2 Å². The van der Waals surface area contributed by atoms with Gasteiger partial charge in [0, 0.05) is 31.8 Å². The zero-order valence-electron chi connectivity index (χ0n) is 22.7. The standard InChI is InChI=1S/C26H33ClF3N3O6S/c1-5-33(6-2)24(35)16-38-20-9-7-18(8-10-23(34)32-40(36,37)12-11-17(3)4)22(14-20)39-25-21(27)13-19(15-31-25)26(28,29)30/h7,9,13-15,17H,5-6,8,10-12,16H2,1-4H3,(H,32,34). The number of rotatable bonds is 14. The summed E-state index contributed by atoms with van der Waals surface area (Å²) in [5.41, 5.74) is -0.665. The van der Waals surface area contributed by atoms with E-state index in [1.54, 1.807) is 4.90 Å². The van der Waals surface area contributed by atoms with Crippen molar-refractivity contribution in [3.63, 3.8) is 0 Å². The van der Waals surface area contributed by atoms with Gasteiger partial charge in [-0.15, -0.1) is 0 Å². The first-order valence-corrected chi connectivity index (χ1v) is 14.7. The molecular formula is C26H33ClF3N3O6S. The number of halogens is 4. The van der Waals surface area contributed by atoms with Gasteiger partial charge in [0.25, 0.3) is 5.91 Å². The van der Waals surface area contributed by atoms with Crippen LogP contribution in [0.15, 0.2) is 30.5 Å². The van der Waals surface area contributed by atoms with Crippen molar-refractivity contribution in [1.29, 1.82) is 0 Å². The normalized spacial score (nSPS) is 11.8. The van der Waals surface area contributed by atoms with E-state index in [2.05, 4.69) is 4.98 Å². The Bertz CT molecular complexity index is 1280. The van der Waals surface area contributed by atoms with Gasteiger partial charge in [0.1, 0.15) is 16.5 Å². The summed E-state index contributed by atoms with van der Waals surface area (Å²) in [6.45, 7) is 8.12. The lowest BCUT2D eigenvalue weighted by molar-refractivity contribution is -0.138. The molecule has 0 aliphatic rings. The van der Waals surface area contributed by atoms with Crippen LogP contribution < -0.4 is 14.2 Å². The molecule has 0 aliphatic carbocycles. The first kappa shape index (κ1) is 33.1. The summed E-state index contributed by atoms with van der Waals surface area (Å²) in [5.74, 6) is -1.10. The minimum Gasteiger partial charge on any atom is -0.484 e. The van der Waals surface area contributed by atoms with Crippen LogP contribution in [0.4, 0.5) is 13.2 Å². The second kappa shape index (κ2) is 14.5. The highest BCUT2D eigenvalue weighted by Crippen LogP contribution is 2.36. The number of carbonyl (C=O) groups is 2. The molecule has 0 aliphatic heterocycles. The quantitative estimate of drug-likeness (QED) is 0.313. The van der Waals surface area contributed by atoms with Gasteiger partial charge in [0.05, 0.1) is 11.3 Å². The van der Waals surface area contributed by atoms with E-state index in [4.69, 9.17) is 21.1 Å². The zero-order chi connectivity index (χ0) is 30.1. The van der Waals surface area contributed by atoms with Crippen molar-refractivity contribution < 1.29 is 40.7 Å². The van der Waals surface area contributed by atoms with Crippen LogP contribution in [0.25, 0.3) is 0 Å². The van der Waals surface area contributed by atoms with Crippen LogP contribution in [0.3, 0.4) is 0 Å². The molecule has 0 radical (unpaired) electrons. The van der Waals surface area contributed by atoms with E-state index in [-0.39, 0.29) is 54.4 Å². The number of aryl methyl sites for hydroxylation is 1. The number of carbonyl (C=O) groups excluding carboxylic acids is 2. The average molecular weight is 608 g/mol. The van der Waals surface area contributed by atoms with Gasteiger partial charge >= 0.3 is 6.18 Å². The molecule has 0 saturated heterocycles. The van der Waals surface area contributed by atoms with Crippen LogP contribution in [0.2, 0.25) is 5.02 Å². The van der Waals surface area contributed by atoms with E-state index >= 15 is 0 Å². The van der Waals surface area contributed by atoms with Crippen LogP contribution in [0, 0.1) is 5.92 Å². The van der Waals surface area contributed by atoms with Crippen LogP contribution in [-0.4, -0.2) is 55.6 Å². The fourth-order valence-corrected chi connectivity index (χ4v) is 4.95. The third kappa shape index (κ3) is 10.5. The van der Waals surface area contributed by atoms with Crippen molar-refractivity contribution in [2.75, 3.05) is 25.4 Å². The van der Waals surface area contributed by atoms with Crippen molar-refractivity contribution in [3.8, 4) is 17.4 Å². The number of ether oxygens (including phenoxy) is 2. The molecule has 40 heavy (non-hydrogen) atoms. The van der Waals surface area contributed by atoms with Gasteiger partial charge in [-0.3, -0.25) is 14.3 Å². The largest absolute Gasteiger partial charge is 0.484 e. The molecule has 2 rings (SSSR count). The minimum absolute atomic E-state index is 0.0117. The highest BCUT2D eigenvalue weighted by Gasteiger charge is 2.32. The molecule has 0 atom stereocenters. The number of hydrogen-bond acceptors (Lipinski definition) is 7. The van der Waals surface area contributed by atoms with Gasteiger partial charge in [0.2, 0.25) is 21.8 Å². The minimum atomic E-state index is -4.66. The van der Waals surface area contributed by atoms with Gasteiger partial charge in [-0.25, -0.2) is 13.4 Å². The molecule has 2 amide bonds. The molecule has 222 valence electrons. The Hall–Kier alpha value is -3.06. The van der Waals surface area contributed by atoms with Gasteiger partial charge < -0.3 is 14.4 Å². The second-order valence-corrected chi connectivity index (χ2v) is 11.5. The fraction of sp³-hybridized carbons (Fsp3) is 0.500. The number of sulfonamides is 1. The number of nitrogens with zero attached hydrogens (tertiary/aromatic N) is 2. The van der Waals surface area contributed by atoms with E-state index in [0.29, 0.717) is 37.3 Å². The molecule has 0 bridgehead atoms. The topological polar surface area (TPSA) is 115 Å². The molecular weight excluding hydrogens is 575 g/mol. The van der Waals surface area contributed by atoms with Crippen molar-refractivity contribution in [1.82, 2.24) is 14.6 Å². The Morgan fingerprint density at radius 2 is 1.82 bits per heavy atom. The Kier molecular flexibility index (Phi) is 12.0. The number of aromatic nitrogens is 1. The van der Waals surface area contributed by atoms with E-state index in [1.165, 1.54) is 18.2 Å². The molecule has 1 aromatic carbocycles. The molecule has 1 aromatic heterocycles. The number of benzene rings is 1. The maximum absolute atomic E-state index is 13.0. The van der Waals surface area contributed by atoms with Crippen molar-refractivity contribution in [3.05, 3.63) is 46.6 Å². The highest BCUT2D eigenvalue weighted by molar-refractivity contribution is 7.90. The number of likely N-dealkylation sites (N-methyl/N-ethyl adjacent to an activating group) is 1. The average Bonchev–Trinajstić information content (AvgIpc) is 2.86. The summed E-state index contributed by atoms with van der Waals surface area (Å²) in [5, 5.41) is -0.405. The lowest BCUT2D eigenvalue weighted by atomic mass is 10.1. The van der Waals surface area contributed by atoms with E-state index in [1.807, 2.05) is 32.4 Å². The van der Waals surface area contributed by atoms with Crippen molar-refractivity contribution in [2.24, 2.45) is 5.92 Å². The molecule has 1 N–H and O–H groups in total. The molecule has 0 saturated carbocycles. The van der Waals surface area contributed by atoms with Gasteiger partial charge in [-0.1, -0.05) is 31.5 Å². The lowest BCUT2D eigenvalue weighted by Gasteiger charge is -2.19. The van der Waals surface area contributed by atoms with E-state index < -0.39 is 32.7 Å². The summed E-state index contributed by atoms with van der Waals surface area (Å²) >= 11 is 6.00. The molecule has 2 aromatic rings. The molecule has 0 fully saturated rings. The van der Waals surface area contributed by atoms with Gasteiger partial charge in [0.15, 0.2) is 6.61 Å². The molecule has 1 heterocycles. The Morgan fingerprint density at radius 3 is 2.40 bits per heavy atom. The summed E-state index contributed by atoms with van der Waals surface area (Å²) in [6, 6.07) is 5.11. The third-order valence-electron chi connectivity index (χ3n) is 5.71. The number of hydrogen-bond donors (Lipinski definition) is 1. The Labute approximate surface area is 237 Å². The molecule has 0 unspecified atom stereocenters. The number of alkyl halides is 3. The van der Waals surface area contributed by atoms with Crippen LogP contribution in [-0.2, 0) is 32.2 Å².